The van der Waals surface area contributed by atoms with Crippen molar-refractivity contribution in [1.29, 1.82) is 0 Å². The van der Waals surface area contributed by atoms with Crippen molar-refractivity contribution in [2.75, 3.05) is 13.7 Å². The number of carbonyl (C=O) groups excluding carboxylic acids is 1. The number of nitrogens with one attached hydrogen (secondary N) is 2. The highest BCUT2D eigenvalue weighted by atomic mass is 16.5. The molecule has 0 radical (unpaired) electrons. The molecule has 1 aromatic heterocycles. The minimum Gasteiger partial charge on any atom is -0.497 e. The molecule has 1 aliphatic carbocycles. The number of aromatic amines is 1. The molecule has 0 saturated carbocycles. The summed E-state index contributed by atoms with van der Waals surface area (Å²) in [5, 5.41) is 3.05. The van der Waals surface area contributed by atoms with Gasteiger partial charge in [0.25, 0.3) is 0 Å². The van der Waals surface area contributed by atoms with E-state index in [0.717, 1.165) is 42.8 Å². The number of H-pyrrole nitrogens is 1. The van der Waals surface area contributed by atoms with Crippen molar-refractivity contribution in [1.82, 2.24) is 15.3 Å². The van der Waals surface area contributed by atoms with Gasteiger partial charge in [-0.25, -0.2) is 4.98 Å². The van der Waals surface area contributed by atoms with E-state index in [-0.39, 0.29) is 11.8 Å². The van der Waals surface area contributed by atoms with Gasteiger partial charge in [-0.1, -0.05) is 12.1 Å². The van der Waals surface area contributed by atoms with Gasteiger partial charge in [0.2, 0.25) is 5.91 Å². The van der Waals surface area contributed by atoms with Gasteiger partial charge in [0.15, 0.2) is 0 Å². The number of methoxy groups -OCH3 is 1. The van der Waals surface area contributed by atoms with Crippen LogP contribution in [0.5, 0.6) is 5.75 Å². The molecular formula is C17H21N3O2. The number of carbonyl (C=O) groups is 1. The number of rotatable bonds is 5. The van der Waals surface area contributed by atoms with Crippen LogP contribution in [0.2, 0.25) is 0 Å². The SMILES string of the molecule is COc1ccc(CCNC(=O)[C@H]2CCc3nc[nH]c3C2)cc1. The maximum Gasteiger partial charge on any atom is 0.223 e. The van der Waals surface area contributed by atoms with Crippen LogP contribution >= 0.6 is 0 Å². The Morgan fingerprint density at radius 3 is 3.00 bits per heavy atom. The molecule has 5 heteroatoms. The molecule has 116 valence electrons. The predicted octanol–water partition coefficient (Wildman–Crippen LogP) is 1.88. The van der Waals surface area contributed by atoms with Gasteiger partial charge in [-0.15, -0.1) is 0 Å². The first kappa shape index (κ1) is 14.6. The Bertz CT molecular complexity index is 634. The minimum absolute atomic E-state index is 0.0591. The molecule has 2 aromatic rings. The molecule has 22 heavy (non-hydrogen) atoms. The van der Waals surface area contributed by atoms with Crippen molar-refractivity contribution in [3.05, 3.63) is 47.5 Å². The highest BCUT2D eigenvalue weighted by Crippen LogP contribution is 2.22. The maximum absolute atomic E-state index is 12.3. The highest BCUT2D eigenvalue weighted by Gasteiger charge is 2.25. The fourth-order valence-corrected chi connectivity index (χ4v) is 2.89. The van der Waals surface area contributed by atoms with E-state index in [4.69, 9.17) is 4.74 Å². The quantitative estimate of drug-likeness (QED) is 0.886. The molecule has 0 bridgehead atoms. The molecule has 0 saturated heterocycles. The number of nitrogens with zero attached hydrogens (tertiary/aromatic N) is 1. The van der Waals surface area contributed by atoms with Crippen LogP contribution in [0.25, 0.3) is 0 Å². The number of aryl methyl sites for hydroxylation is 1. The van der Waals surface area contributed by atoms with Crippen molar-refractivity contribution < 1.29 is 9.53 Å². The van der Waals surface area contributed by atoms with E-state index in [1.807, 2.05) is 24.3 Å². The fraction of sp³-hybridized carbons (Fsp3) is 0.412. The predicted molar refractivity (Wildman–Crippen MR) is 83.8 cm³/mol. The lowest BCUT2D eigenvalue weighted by Crippen LogP contribution is -2.35. The molecule has 1 atom stereocenters. The summed E-state index contributed by atoms with van der Waals surface area (Å²) in [5.41, 5.74) is 3.42. The van der Waals surface area contributed by atoms with Crippen LogP contribution in [-0.4, -0.2) is 29.5 Å². The third kappa shape index (κ3) is 3.30. The monoisotopic (exact) mass is 299 g/mol. The molecule has 5 nitrogen and oxygen atoms in total. The summed E-state index contributed by atoms with van der Waals surface area (Å²) in [6, 6.07) is 7.95. The number of hydrogen-bond donors (Lipinski definition) is 2. The number of fused-ring (bicyclic) bond motifs is 1. The first-order valence-electron chi connectivity index (χ1n) is 7.68. The third-order valence-electron chi connectivity index (χ3n) is 4.23. The number of imidazole rings is 1. The van der Waals surface area contributed by atoms with Gasteiger partial charge in [0, 0.05) is 24.6 Å². The number of amides is 1. The van der Waals surface area contributed by atoms with E-state index in [2.05, 4.69) is 15.3 Å². The molecule has 1 aromatic carbocycles. The van der Waals surface area contributed by atoms with Gasteiger partial charge < -0.3 is 15.0 Å². The Labute approximate surface area is 130 Å². The van der Waals surface area contributed by atoms with Gasteiger partial charge in [0.05, 0.1) is 19.1 Å². The van der Waals surface area contributed by atoms with Gasteiger partial charge >= 0.3 is 0 Å². The van der Waals surface area contributed by atoms with Crippen molar-refractivity contribution in [2.24, 2.45) is 5.92 Å². The Kier molecular flexibility index (Phi) is 4.42. The summed E-state index contributed by atoms with van der Waals surface area (Å²) in [4.78, 5) is 19.7. The zero-order valence-corrected chi connectivity index (χ0v) is 12.8. The third-order valence-corrected chi connectivity index (χ3v) is 4.23. The molecule has 0 fully saturated rings. The Hall–Kier alpha value is -2.30. The van der Waals surface area contributed by atoms with E-state index < -0.39 is 0 Å². The second-order valence-corrected chi connectivity index (χ2v) is 5.66. The lowest BCUT2D eigenvalue weighted by atomic mass is 9.89. The summed E-state index contributed by atoms with van der Waals surface area (Å²) in [6.07, 6.45) is 5.08. The largest absolute Gasteiger partial charge is 0.497 e. The smallest absolute Gasteiger partial charge is 0.223 e. The zero-order valence-electron chi connectivity index (χ0n) is 12.8. The van der Waals surface area contributed by atoms with Gasteiger partial charge in [0.1, 0.15) is 5.75 Å². The molecule has 2 N–H and O–H groups in total. The summed E-state index contributed by atoms with van der Waals surface area (Å²) in [6.45, 7) is 0.664. The van der Waals surface area contributed by atoms with Crippen molar-refractivity contribution in [3.8, 4) is 5.75 Å². The van der Waals surface area contributed by atoms with Crippen LogP contribution in [0.3, 0.4) is 0 Å². The Morgan fingerprint density at radius 1 is 1.41 bits per heavy atom. The number of ether oxygens (including phenoxy) is 1. The van der Waals surface area contributed by atoms with Crippen LogP contribution in [-0.2, 0) is 24.1 Å². The van der Waals surface area contributed by atoms with E-state index >= 15 is 0 Å². The van der Waals surface area contributed by atoms with Gasteiger partial charge in [-0.3, -0.25) is 4.79 Å². The number of hydrogen-bond acceptors (Lipinski definition) is 3. The molecule has 0 unspecified atom stereocenters. The van der Waals surface area contributed by atoms with Crippen LogP contribution in [0, 0.1) is 5.92 Å². The van der Waals surface area contributed by atoms with Crippen LogP contribution in [0.15, 0.2) is 30.6 Å². The summed E-state index contributed by atoms with van der Waals surface area (Å²) in [5.74, 6) is 1.06. The van der Waals surface area contributed by atoms with Gasteiger partial charge in [-0.05, 0) is 37.0 Å². The summed E-state index contributed by atoms with van der Waals surface area (Å²) in [7, 11) is 1.66. The first-order valence-corrected chi connectivity index (χ1v) is 7.68. The fourth-order valence-electron chi connectivity index (χ4n) is 2.89. The second kappa shape index (κ2) is 6.64. The lowest BCUT2D eigenvalue weighted by molar-refractivity contribution is -0.125. The standard InChI is InChI=1S/C17H21N3O2/c1-22-14-5-2-12(3-6-14)8-9-18-17(21)13-4-7-15-16(10-13)20-11-19-15/h2-3,5-6,11,13H,4,7-10H2,1H3,(H,18,21)(H,19,20)/t13-/m0/s1. The summed E-state index contributed by atoms with van der Waals surface area (Å²) >= 11 is 0. The highest BCUT2D eigenvalue weighted by molar-refractivity contribution is 5.79. The molecule has 1 heterocycles. The molecule has 1 amide bonds. The van der Waals surface area contributed by atoms with Crippen molar-refractivity contribution in [3.63, 3.8) is 0 Å². The maximum atomic E-state index is 12.3. The average molecular weight is 299 g/mol. The van der Waals surface area contributed by atoms with Crippen LogP contribution in [0.4, 0.5) is 0 Å². The van der Waals surface area contributed by atoms with Crippen LogP contribution in [0.1, 0.15) is 23.4 Å². The molecule has 0 spiro atoms. The Balaban J connectivity index is 1.46. The van der Waals surface area contributed by atoms with Crippen molar-refractivity contribution in [2.45, 2.75) is 25.7 Å². The van der Waals surface area contributed by atoms with E-state index in [0.29, 0.717) is 6.54 Å². The second-order valence-electron chi connectivity index (χ2n) is 5.66. The Morgan fingerprint density at radius 2 is 2.23 bits per heavy atom. The van der Waals surface area contributed by atoms with E-state index in [1.165, 1.54) is 5.56 Å². The molecule has 1 aliphatic rings. The molecular weight excluding hydrogens is 278 g/mol. The minimum atomic E-state index is 0.0591. The molecule has 0 aliphatic heterocycles. The average Bonchev–Trinajstić information content (AvgIpc) is 3.03. The number of benzene rings is 1. The van der Waals surface area contributed by atoms with Gasteiger partial charge in [-0.2, -0.15) is 0 Å². The van der Waals surface area contributed by atoms with Crippen molar-refractivity contribution >= 4 is 5.91 Å². The topological polar surface area (TPSA) is 67.0 Å². The van der Waals surface area contributed by atoms with E-state index in [1.54, 1.807) is 13.4 Å². The normalized spacial score (nSPS) is 16.9. The molecule has 3 rings (SSSR count). The zero-order chi connectivity index (χ0) is 15.4. The van der Waals surface area contributed by atoms with E-state index in [9.17, 15) is 4.79 Å². The van der Waals surface area contributed by atoms with Crippen LogP contribution < -0.4 is 10.1 Å². The lowest BCUT2D eigenvalue weighted by Gasteiger charge is -2.20. The number of aromatic nitrogens is 2. The summed E-state index contributed by atoms with van der Waals surface area (Å²) < 4.78 is 5.14. The first-order chi connectivity index (χ1) is 10.8.